The van der Waals surface area contributed by atoms with Crippen molar-refractivity contribution in [3.8, 4) is 5.75 Å². The summed E-state index contributed by atoms with van der Waals surface area (Å²) >= 11 is 0. The molecule has 16 heavy (non-hydrogen) atoms. The minimum absolute atomic E-state index is 0.667. The maximum absolute atomic E-state index is 5.93. The van der Waals surface area contributed by atoms with Crippen molar-refractivity contribution in [3.05, 3.63) is 41.7 Å². The molecule has 0 unspecified atom stereocenters. The molecule has 0 amide bonds. The molecule has 0 atom stereocenters. The van der Waals surface area contributed by atoms with Gasteiger partial charge in [0.1, 0.15) is 11.5 Å². The van der Waals surface area contributed by atoms with E-state index in [4.69, 9.17) is 4.74 Å². The van der Waals surface area contributed by atoms with Crippen molar-refractivity contribution in [2.24, 2.45) is 5.92 Å². The van der Waals surface area contributed by atoms with Gasteiger partial charge in [0, 0.05) is 6.42 Å². The first-order valence-electron chi connectivity index (χ1n) is 6.30. The second-order valence-electron chi connectivity index (χ2n) is 4.42. The van der Waals surface area contributed by atoms with E-state index >= 15 is 0 Å². The molecule has 0 saturated carbocycles. The number of allylic oxidation sites excluding steroid dienone is 2. The molecule has 1 aromatic carbocycles. The molecule has 1 aliphatic rings. The van der Waals surface area contributed by atoms with Crippen molar-refractivity contribution in [2.45, 2.75) is 39.5 Å². The fraction of sp³-hybridized carbons (Fsp3) is 0.467. The third-order valence-corrected chi connectivity index (χ3v) is 3.32. The van der Waals surface area contributed by atoms with Gasteiger partial charge < -0.3 is 4.74 Å². The first-order valence-corrected chi connectivity index (χ1v) is 6.30. The van der Waals surface area contributed by atoms with E-state index in [-0.39, 0.29) is 0 Å². The summed E-state index contributed by atoms with van der Waals surface area (Å²) in [6.45, 7) is 4.48. The number of para-hydroxylation sites is 1. The van der Waals surface area contributed by atoms with Crippen LogP contribution in [0.25, 0.3) is 0 Å². The zero-order chi connectivity index (χ0) is 11.4. The SMILES string of the molecule is CCC(/C=C1\CCc2ccccc2O1)CC. The summed E-state index contributed by atoms with van der Waals surface area (Å²) in [6, 6.07) is 8.34. The normalized spacial score (nSPS) is 17.3. The highest BCUT2D eigenvalue weighted by Gasteiger charge is 2.14. The van der Waals surface area contributed by atoms with Gasteiger partial charge in [-0.2, -0.15) is 0 Å². The minimum Gasteiger partial charge on any atom is -0.462 e. The van der Waals surface area contributed by atoms with Crippen LogP contribution in [0.5, 0.6) is 5.75 Å². The lowest BCUT2D eigenvalue weighted by Crippen LogP contribution is -2.08. The van der Waals surface area contributed by atoms with Crippen LogP contribution in [-0.4, -0.2) is 0 Å². The summed E-state index contributed by atoms with van der Waals surface area (Å²) in [5.41, 5.74) is 1.34. The zero-order valence-corrected chi connectivity index (χ0v) is 10.2. The summed E-state index contributed by atoms with van der Waals surface area (Å²) in [5, 5.41) is 0. The van der Waals surface area contributed by atoms with E-state index in [1.165, 1.54) is 18.4 Å². The van der Waals surface area contributed by atoms with Crippen LogP contribution in [0.3, 0.4) is 0 Å². The Morgan fingerprint density at radius 2 is 1.94 bits per heavy atom. The van der Waals surface area contributed by atoms with Crippen LogP contribution in [0.15, 0.2) is 36.1 Å². The number of benzene rings is 1. The number of aryl methyl sites for hydroxylation is 1. The Labute approximate surface area is 98.1 Å². The van der Waals surface area contributed by atoms with Crippen LogP contribution in [0.4, 0.5) is 0 Å². The third-order valence-electron chi connectivity index (χ3n) is 3.32. The lowest BCUT2D eigenvalue weighted by molar-refractivity contribution is 0.369. The fourth-order valence-electron chi connectivity index (χ4n) is 2.16. The van der Waals surface area contributed by atoms with Crippen molar-refractivity contribution in [2.75, 3.05) is 0 Å². The van der Waals surface area contributed by atoms with Gasteiger partial charge in [0.25, 0.3) is 0 Å². The fourth-order valence-corrected chi connectivity index (χ4v) is 2.16. The van der Waals surface area contributed by atoms with Gasteiger partial charge in [0.05, 0.1) is 0 Å². The van der Waals surface area contributed by atoms with Gasteiger partial charge in [-0.15, -0.1) is 0 Å². The number of rotatable bonds is 3. The van der Waals surface area contributed by atoms with Crippen molar-refractivity contribution >= 4 is 0 Å². The molecule has 0 radical (unpaired) electrons. The predicted octanol–water partition coefficient (Wildman–Crippen LogP) is 4.33. The maximum Gasteiger partial charge on any atom is 0.130 e. The van der Waals surface area contributed by atoms with Crippen molar-refractivity contribution in [3.63, 3.8) is 0 Å². The summed E-state index contributed by atoms with van der Waals surface area (Å²) in [5.74, 6) is 2.87. The molecule has 1 nitrogen and oxygen atoms in total. The highest BCUT2D eigenvalue weighted by Crippen LogP contribution is 2.29. The molecule has 0 bridgehead atoms. The van der Waals surface area contributed by atoms with Gasteiger partial charge in [-0.05, 0) is 42.9 Å². The molecule has 0 spiro atoms. The van der Waals surface area contributed by atoms with Crippen LogP contribution < -0.4 is 4.74 Å². The second-order valence-corrected chi connectivity index (χ2v) is 4.42. The zero-order valence-electron chi connectivity index (χ0n) is 10.2. The minimum atomic E-state index is 0.667. The van der Waals surface area contributed by atoms with Gasteiger partial charge in [-0.1, -0.05) is 32.0 Å². The van der Waals surface area contributed by atoms with Gasteiger partial charge in [0.15, 0.2) is 0 Å². The smallest absolute Gasteiger partial charge is 0.130 e. The Bertz CT molecular complexity index is 375. The highest BCUT2D eigenvalue weighted by molar-refractivity contribution is 5.37. The molecule has 2 rings (SSSR count). The summed E-state index contributed by atoms with van der Waals surface area (Å²) in [7, 11) is 0. The average molecular weight is 216 g/mol. The van der Waals surface area contributed by atoms with Crippen LogP contribution >= 0.6 is 0 Å². The van der Waals surface area contributed by atoms with Gasteiger partial charge in [0.2, 0.25) is 0 Å². The van der Waals surface area contributed by atoms with E-state index in [0.29, 0.717) is 5.92 Å². The highest BCUT2D eigenvalue weighted by atomic mass is 16.5. The molecule has 86 valence electrons. The van der Waals surface area contributed by atoms with Crippen molar-refractivity contribution in [1.82, 2.24) is 0 Å². The number of ether oxygens (including phenoxy) is 1. The predicted molar refractivity (Wildman–Crippen MR) is 67.5 cm³/mol. The van der Waals surface area contributed by atoms with Gasteiger partial charge in [-0.25, -0.2) is 0 Å². The van der Waals surface area contributed by atoms with Crippen LogP contribution in [0, 0.1) is 5.92 Å². The molecule has 1 aliphatic heterocycles. The van der Waals surface area contributed by atoms with Gasteiger partial charge in [-0.3, -0.25) is 0 Å². The lowest BCUT2D eigenvalue weighted by Gasteiger charge is -2.20. The van der Waals surface area contributed by atoms with E-state index in [9.17, 15) is 0 Å². The third kappa shape index (κ3) is 2.46. The average Bonchev–Trinajstić information content (AvgIpc) is 2.35. The van der Waals surface area contributed by atoms with Crippen molar-refractivity contribution < 1.29 is 4.74 Å². The molecule has 0 N–H and O–H groups in total. The molecule has 1 aromatic rings. The molecule has 0 saturated heterocycles. The summed E-state index contributed by atoms with van der Waals surface area (Å²) < 4.78 is 5.93. The largest absolute Gasteiger partial charge is 0.462 e. The van der Waals surface area contributed by atoms with E-state index in [1.807, 2.05) is 6.07 Å². The van der Waals surface area contributed by atoms with Crippen LogP contribution in [-0.2, 0) is 6.42 Å². The maximum atomic E-state index is 5.93. The Morgan fingerprint density at radius 1 is 1.19 bits per heavy atom. The number of hydrogen-bond donors (Lipinski definition) is 0. The summed E-state index contributed by atoms with van der Waals surface area (Å²) in [4.78, 5) is 0. The monoisotopic (exact) mass is 216 g/mol. The van der Waals surface area contributed by atoms with E-state index in [0.717, 1.165) is 24.4 Å². The molecule has 1 heterocycles. The van der Waals surface area contributed by atoms with E-state index < -0.39 is 0 Å². The van der Waals surface area contributed by atoms with Crippen molar-refractivity contribution in [1.29, 1.82) is 0 Å². The Morgan fingerprint density at radius 3 is 2.69 bits per heavy atom. The lowest BCUT2D eigenvalue weighted by atomic mass is 9.99. The Balaban J connectivity index is 2.13. The topological polar surface area (TPSA) is 9.23 Å². The molecular weight excluding hydrogens is 196 g/mol. The second kappa shape index (κ2) is 5.20. The quantitative estimate of drug-likeness (QED) is 0.730. The first-order chi connectivity index (χ1) is 7.83. The molecular formula is C15H20O. The Hall–Kier alpha value is -1.24. The van der Waals surface area contributed by atoms with Crippen LogP contribution in [0.1, 0.15) is 38.7 Å². The number of fused-ring (bicyclic) bond motifs is 1. The van der Waals surface area contributed by atoms with E-state index in [2.05, 4.69) is 38.1 Å². The Kier molecular flexibility index (Phi) is 3.66. The summed E-state index contributed by atoms with van der Waals surface area (Å²) in [6.07, 6.45) is 6.88. The molecule has 0 fully saturated rings. The van der Waals surface area contributed by atoms with E-state index in [1.54, 1.807) is 0 Å². The molecule has 1 heteroatoms. The standard InChI is InChI=1S/C15H20O/c1-3-12(4-2)11-14-10-9-13-7-5-6-8-15(13)16-14/h5-8,11-12H,3-4,9-10H2,1-2H3/b14-11+. The van der Waals surface area contributed by atoms with Gasteiger partial charge >= 0.3 is 0 Å². The van der Waals surface area contributed by atoms with Crippen LogP contribution in [0.2, 0.25) is 0 Å². The first kappa shape index (κ1) is 11.3. The molecule has 0 aliphatic carbocycles. The molecule has 0 aromatic heterocycles. The number of hydrogen-bond acceptors (Lipinski definition) is 1.